The summed E-state index contributed by atoms with van der Waals surface area (Å²) in [5.74, 6) is -0.214. The molecule has 1 aromatic heterocycles. The molecule has 0 aliphatic rings. The van der Waals surface area contributed by atoms with Crippen LogP contribution in [0.1, 0.15) is 16.0 Å². The predicted octanol–water partition coefficient (Wildman–Crippen LogP) is 5.40. The minimum atomic E-state index is -0.214. The van der Waals surface area contributed by atoms with E-state index in [0.717, 1.165) is 26.9 Å². The number of thiophene rings is 1. The van der Waals surface area contributed by atoms with Crippen molar-refractivity contribution in [1.29, 1.82) is 0 Å². The molecule has 2 aromatic carbocycles. The van der Waals surface area contributed by atoms with Crippen molar-refractivity contribution in [3.05, 3.63) is 80.9 Å². The first-order valence-electron chi connectivity index (χ1n) is 6.88. The lowest BCUT2D eigenvalue weighted by Crippen LogP contribution is -1.89. The summed E-state index contributed by atoms with van der Waals surface area (Å²) in [5, 5.41) is 9.19. The van der Waals surface area contributed by atoms with Gasteiger partial charge in [-0.25, -0.2) is 4.39 Å². The van der Waals surface area contributed by atoms with Gasteiger partial charge in [0.25, 0.3) is 0 Å². The number of halogens is 2. The molecule has 0 atom stereocenters. The van der Waals surface area contributed by atoms with Crippen LogP contribution in [0.15, 0.2) is 59.1 Å². The summed E-state index contributed by atoms with van der Waals surface area (Å²) in [7, 11) is 0. The normalized spacial score (nSPS) is 10.9. The first-order chi connectivity index (χ1) is 10.7. The van der Waals surface area contributed by atoms with Gasteiger partial charge in [-0.2, -0.15) is 0 Å². The number of aliphatic hydroxyl groups excluding tert-OH is 1. The second-order valence-electron chi connectivity index (χ2n) is 5.03. The van der Waals surface area contributed by atoms with Crippen LogP contribution in [0.5, 0.6) is 0 Å². The molecular weight excluding hydrogens is 363 g/mol. The van der Waals surface area contributed by atoms with Gasteiger partial charge in [0.2, 0.25) is 0 Å². The smallest absolute Gasteiger partial charge is 0.123 e. The standard InChI is InChI=1S/C18H14BrFOS/c19-17-10-12(1-2-14(17)11-21)9-16-7-8-18(22-16)13-3-5-15(20)6-4-13/h1-8,10,21H,9,11H2. The lowest BCUT2D eigenvalue weighted by atomic mass is 10.1. The van der Waals surface area contributed by atoms with Gasteiger partial charge >= 0.3 is 0 Å². The Bertz CT molecular complexity index is 780. The highest BCUT2D eigenvalue weighted by atomic mass is 79.9. The molecule has 0 fully saturated rings. The summed E-state index contributed by atoms with van der Waals surface area (Å²) in [6, 6.07) is 16.8. The molecule has 0 saturated carbocycles. The average molecular weight is 377 g/mol. The zero-order chi connectivity index (χ0) is 15.5. The van der Waals surface area contributed by atoms with Crippen LogP contribution in [0.2, 0.25) is 0 Å². The van der Waals surface area contributed by atoms with E-state index in [4.69, 9.17) is 0 Å². The number of hydrogen-bond donors (Lipinski definition) is 1. The molecule has 0 aliphatic carbocycles. The van der Waals surface area contributed by atoms with E-state index in [-0.39, 0.29) is 12.4 Å². The maximum atomic E-state index is 13.0. The van der Waals surface area contributed by atoms with Gasteiger partial charge in [-0.15, -0.1) is 11.3 Å². The molecule has 1 heterocycles. The summed E-state index contributed by atoms with van der Waals surface area (Å²) in [5.41, 5.74) is 3.12. The fraction of sp³-hybridized carbons (Fsp3) is 0.111. The largest absolute Gasteiger partial charge is 0.392 e. The van der Waals surface area contributed by atoms with Gasteiger partial charge in [0, 0.05) is 20.6 Å². The molecular formula is C18H14BrFOS. The molecule has 0 aliphatic heterocycles. The van der Waals surface area contributed by atoms with Gasteiger partial charge in [0.05, 0.1) is 6.61 Å². The van der Waals surface area contributed by atoms with Crippen LogP contribution in [0.3, 0.4) is 0 Å². The summed E-state index contributed by atoms with van der Waals surface area (Å²) in [4.78, 5) is 2.39. The Kier molecular flexibility index (Phi) is 4.71. The fourth-order valence-corrected chi connectivity index (χ4v) is 3.87. The van der Waals surface area contributed by atoms with Crippen molar-refractivity contribution >= 4 is 27.3 Å². The third kappa shape index (κ3) is 3.46. The van der Waals surface area contributed by atoms with Crippen LogP contribution in [0, 0.1) is 5.82 Å². The highest BCUT2D eigenvalue weighted by molar-refractivity contribution is 9.10. The lowest BCUT2D eigenvalue weighted by Gasteiger charge is -2.04. The monoisotopic (exact) mass is 376 g/mol. The van der Waals surface area contributed by atoms with Crippen molar-refractivity contribution in [2.24, 2.45) is 0 Å². The Balaban J connectivity index is 1.79. The van der Waals surface area contributed by atoms with Crippen molar-refractivity contribution in [1.82, 2.24) is 0 Å². The Morgan fingerprint density at radius 2 is 1.77 bits per heavy atom. The molecule has 0 amide bonds. The zero-order valence-electron chi connectivity index (χ0n) is 11.7. The van der Waals surface area contributed by atoms with Crippen molar-refractivity contribution in [2.75, 3.05) is 0 Å². The summed E-state index contributed by atoms with van der Waals surface area (Å²) >= 11 is 5.19. The Morgan fingerprint density at radius 3 is 2.45 bits per heavy atom. The summed E-state index contributed by atoms with van der Waals surface area (Å²) in [6.07, 6.45) is 0.843. The van der Waals surface area contributed by atoms with Crippen LogP contribution in [-0.2, 0) is 13.0 Å². The second kappa shape index (κ2) is 6.73. The van der Waals surface area contributed by atoms with E-state index in [1.54, 1.807) is 23.5 Å². The van der Waals surface area contributed by atoms with Gasteiger partial charge in [0.1, 0.15) is 5.82 Å². The van der Waals surface area contributed by atoms with E-state index in [1.807, 2.05) is 18.2 Å². The Hall–Kier alpha value is -1.49. The van der Waals surface area contributed by atoms with E-state index in [2.05, 4.69) is 28.1 Å². The van der Waals surface area contributed by atoms with Crippen LogP contribution in [0.4, 0.5) is 4.39 Å². The Labute approximate surface area is 141 Å². The molecule has 3 rings (SSSR count). The molecule has 0 unspecified atom stereocenters. The molecule has 0 saturated heterocycles. The maximum absolute atomic E-state index is 13.0. The summed E-state index contributed by atoms with van der Waals surface area (Å²) in [6.45, 7) is 0.0363. The first kappa shape index (κ1) is 15.4. The molecule has 0 radical (unpaired) electrons. The van der Waals surface area contributed by atoms with Crippen LogP contribution < -0.4 is 0 Å². The SMILES string of the molecule is OCc1ccc(Cc2ccc(-c3ccc(F)cc3)s2)cc1Br. The minimum Gasteiger partial charge on any atom is -0.392 e. The van der Waals surface area contributed by atoms with Crippen LogP contribution >= 0.6 is 27.3 Å². The number of aliphatic hydroxyl groups is 1. The first-order valence-corrected chi connectivity index (χ1v) is 8.49. The van der Waals surface area contributed by atoms with E-state index in [1.165, 1.54) is 22.6 Å². The molecule has 1 nitrogen and oxygen atoms in total. The third-order valence-electron chi connectivity index (χ3n) is 3.46. The molecule has 3 aromatic rings. The van der Waals surface area contributed by atoms with Crippen molar-refractivity contribution in [3.63, 3.8) is 0 Å². The van der Waals surface area contributed by atoms with E-state index in [0.29, 0.717) is 0 Å². The number of rotatable bonds is 4. The topological polar surface area (TPSA) is 20.2 Å². The Morgan fingerprint density at radius 1 is 1.00 bits per heavy atom. The second-order valence-corrected chi connectivity index (χ2v) is 7.06. The van der Waals surface area contributed by atoms with Crippen molar-refractivity contribution in [3.8, 4) is 10.4 Å². The van der Waals surface area contributed by atoms with Gasteiger partial charge in [-0.05, 0) is 47.0 Å². The third-order valence-corrected chi connectivity index (χ3v) is 5.33. The highest BCUT2D eigenvalue weighted by Gasteiger charge is 2.06. The molecule has 112 valence electrons. The quantitative estimate of drug-likeness (QED) is 0.646. The molecule has 0 spiro atoms. The van der Waals surface area contributed by atoms with Gasteiger partial charge in [0.15, 0.2) is 0 Å². The summed E-state index contributed by atoms with van der Waals surface area (Å²) < 4.78 is 13.9. The van der Waals surface area contributed by atoms with Crippen molar-refractivity contribution in [2.45, 2.75) is 13.0 Å². The van der Waals surface area contributed by atoms with Crippen LogP contribution in [0.25, 0.3) is 10.4 Å². The van der Waals surface area contributed by atoms with E-state index >= 15 is 0 Å². The van der Waals surface area contributed by atoms with E-state index in [9.17, 15) is 9.50 Å². The zero-order valence-corrected chi connectivity index (χ0v) is 14.1. The number of benzene rings is 2. The van der Waals surface area contributed by atoms with E-state index < -0.39 is 0 Å². The molecule has 4 heteroatoms. The maximum Gasteiger partial charge on any atom is 0.123 e. The molecule has 1 N–H and O–H groups in total. The number of hydrogen-bond acceptors (Lipinski definition) is 2. The minimum absolute atomic E-state index is 0.0363. The van der Waals surface area contributed by atoms with Crippen molar-refractivity contribution < 1.29 is 9.50 Å². The van der Waals surface area contributed by atoms with Crippen LogP contribution in [-0.4, -0.2) is 5.11 Å². The molecule has 0 bridgehead atoms. The predicted molar refractivity (Wildman–Crippen MR) is 92.6 cm³/mol. The highest BCUT2D eigenvalue weighted by Crippen LogP contribution is 2.30. The fourth-order valence-electron chi connectivity index (χ4n) is 2.27. The van der Waals surface area contributed by atoms with Gasteiger partial charge < -0.3 is 5.11 Å². The lowest BCUT2D eigenvalue weighted by molar-refractivity contribution is 0.281. The average Bonchev–Trinajstić information content (AvgIpc) is 2.97. The van der Waals surface area contributed by atoms with Gasteiger partial charge in [-0.1, -0.05) is 40.2 Å². The van der Waals surface area contributed by atoms with Gasteiger partial charge in [-0.3, -0.25) is 0 Å². The molecule has 22 heavy (non-hydrogen) atoms.